The van der Waals surface area contributed by atoms with Gasteiger partial charge in [0.25, 0.3) is 0 Å². The second-order valence-corrected chi connectivity index (χ2v) is 11.4. The molecule has 1 fully saturated rings. The van der Waals surface area contributed by atoms with Gasteiger partial charge < -0.3 is 4.74 Å². The van der Waals surface area contributed by atoms with Gasteiger partial charge in [0.2, 0.25) is 0 Å². The molecule has 0 amide bonds. The van der Waals surface area contributed by atoms with Crippen LogP contribution >= 0.6 is 0 Å². The first-order chi connectivity index (χ1) is 7.56. The van der Waals surface area contributed by atoms with Crippen LogP contribution in [-0.4, -0.2) is 29.4 Å². The van der Waals surface area contributed by atoms with E-state index in [2.05, 4.69) is 29.7 Å². The van der Waals surface area contributed by atoms with Gasteiger partial charge in [0, 0.05) is 20.6 Å². The van der Waals surface area contributed by atoms with Crippen molar-refractivity contribution in [2.24, 2.45) is 0 Å². The highest BCUT2D eigenvalue weighted by atomic mass is 28.3. The van der Waals surface area contributed by atoms with E-state index in [0.717, 1.165) is 12.4 Å². The van der Waals surface area contributed by atoms with E-state index in [4.69, 9.17) is 4.74 Å². The van der Waals surface area contributed by atoms with Crippen molar-refractivity contribution in [3.05, 3.63) is 12.2 Å². The average Bonchev–Trinajstić information content (AvgIpc) is 2.92. The highest BCUT2D eigenvalue weighted by Crippen LogP contribution is 2.38. The summed E-state index contributed by atoms with van der Waals surface area (Å²) < 4.78 is 7.57. The molecule has 1 aliphatic rings. The Hall–Kier alpha value is -0.683. The zero-order chi connectivity index (χ0) is 11.6. The van der Waals surface area contributed by atoms with E-state index in [1.54, 1.807) is 6.33 Å². The van der Waals surface area contributed by atoms with Gasteiger partial charge in [0.15, 0.2) is 0 Å². The second kappa shape index (κ2) is 4.67. The summed E-state index contributed by atoms with van der Waals surface area (Å²) in [6.45, 7) is 8.50. The second-order valence-electron chi connectivity index (χ2n) is 5.74. The monoisotopic (exact) mass is 239 g/mol. The third-order valence-corrected chi connectivity index (χ3v) is 4.50. The number of nitrogens with zero attached hydrogens (tertiary/aromatic N) is 3. The molecule has 5 heteroatoms. The van der Waals surface area contributed by atoms with Crippen LogP contribution in [0.4, 0.5) is 0 Å². The molecule has 1 aromatic rings. The molecule has 0 aliphatic heterocycles. The topological polar surface area (TPSA) is 39.9 Å². The lowest BCUT2D eigenvalue weighted by atomic mass is 10.4. The summed E-state index contributed by atoms with van der Waals surface area (Å²) in [6.07, 6.45) is 4.15. The Morgan fingerprint density at radius 1 is 1.44 bits per heavy atom. The number of hydrogen-bond acceptors (Lipinski definition) is 3. The Morgan fingerprint density at radius 2 is 2.19 bits per heavy atom. The minimum atomic E-state index is -0.973. The van der Waals surface area contributed by atoms with E-state index < -0.39 is 8.07 Å². The molecule has 0 bridgehead atoms. The molecule has 0 atom stereocenters. The van der Waals surface area contributed by atoms with Crippen LogP contribution in [0.2, 0.25) is 25.7 Å². The van der Waals surface area contributed by atoms with Crippen LogP contribution in [0.3, 0.4) is 0 Å². The van der Waals surface area contributed by atoms with Gasteiger partial charge in [0.1, 0.15) is 18.9 Å². The maximum atomic E-state index is 5.67. The van der Waals surface area contributed by atoms with Crippen LogP contribution in [0.5, 0.6) is 0 Å². The normalized spacial score (nSPS) is 16.7. The summed E-state index contributed by atoms with van der Waals surface area (Å²) in [5.41, 5.74) is 0. The van der Waals surface area contributed by atoms with Crippen LogP contribution < -0.4 is 0 Å². The van der Waals surface area contributed by atoms with Gasteiger partial charge in [-0.3, -0.25) is 0 Å². The van der Waals surface area contributed by atoms with E-state index in [0.29, 0.717) is 12.6 Å². The zero-order valence-corrected chi connectivity index (χ0v) is 11.4. The molecule has 2 rings (SSSR count). The standard InChI is InChI=1S/C11H21N3OSi/c1-16(2,3)7-6-15-9-14-11(10-4-5-10)12-8-13-14/h8,10H,4-7,9H2,1-3H3. The molecule has 1 aliphatic carbocycles. The summed E-state index contributed by atoms with van der Waals surface area (Å²) in [5.74, 6) is 1.75. The summed E-state index contributed by atoms with van der Waals surface area (Å²) >= 11 is 0. The molecule has 0 spiro atoms. The lowest BCUT2D eigenvalue weighted by Crippen LogP contribution is -2.22. The predicted molar refractivity (Wildman–Crippen MR) is 66.1 cm³/mol. The van der Waals surface area contributed by atoms with Crippen molar-refractivity contribution in [3.63, 3.8) is 0 Å². The lowest BCUT2D eigenvalue weighted by molar-refractivity contribution is 0.0761. The number of ether oxygens (including phenoxy) is 1. The molecule has 1 aromatic heterocycles. The fourth-order valence-corrected chi connectivity index (χ4v) is 2.32. The van der Waals surface area contributed by atoms with E-state index in [-0.39, 0.29) is 0 Å². The first-order valence-corrected chi connectivity index (χ1v) is 9.72. The Balaban J connectivity index is 1.74. The van der Waals surface area contributed by atoms with Crippen LogP contribution in [0.15, 0.2) is 6.33 Å². The van der Waals surface area contributed by atoms with Crippen molar-refractivity contribution in [3.8, 4) is 0 Å². The number of aromatic nitrogens is 3. The molecule has 0 radical (unpaired) electrons. The summed E-state index contributed by atoms with van der Waals surface area (Å²) in [5, 5.41) is 4.20. The Bertz CT molecular complexity index is 341. The van der Waals surface area contributed by atoms with Crippen molar-refractivity contribution in [1.29, 1.82) is 0 Å². The lowest BCUT2D eigenvalue weighted by Gasteiger charge is -2.15. The molecule has 0 unspecified atom stereocenters. The van der Waals surface area contributed by atoms with Crippen LogP contribution in [0.1, 0.15) is 24.6 Å². The summed E-state index contributed by atoms with van der Waals surface area (Å²) in [6, 6.07) is 1.21. The van der Waals surface area contributed by atoms with E-state index >= 15 is 0 Å². The van der Waals surface area contributed by atoms with Crippen molar-refractivity contribution < 1.29 is 4.74 Å². The highest BCUT2D eigenvalue weighted by Gasteiger charge is 2.28. The molecular weight excluding hydrogens is 218 g/mol. The maximum Gasteiger partial charge on any atom is 0.141 e. The molecule has 90 valence electrons. The van der Waals surface area contributed by atoms with Crippen LogP contribution in [-0.2, 0) is 11.5 Å². The van der Waals surface area contributed by atoms with Gasteiger partial charge in [-0.25, -0.2) is 9.67 Å². The van der Waals surface area contributed by atoms with Gasteiger partial charge in [0.05, 0.1) is 0 Å². The molecule has 0 N–H and O–H groups in total. The number of rotatable bonds is 6. The van der Waals surface area contributed by atoms with Crippen molar-refractivity contribution >= 4 is 8.07 Å². The Kier molecular flexibility index (Phi) is 3.44. The van der Waals surface area contributed by atoms with Crippen LogP contribution in [0, 0.1) is 0 Å². The molecule has 1 heterocycles. The molecule has 0 saturated heterocycles. The predicted octanol–water partition coefficient (Wildman–Crippen LogP) is 2.47. The average molecular weight is 239 g/mol. The molecular formula is C11H21N3OSi. The molecule has 1 saturated carbocycles. The Morgan fingerprint density at radius 3 is 2.81 bits per heavy atom. The maximum absolute atomic E-state index is 5.67. The van der Waals surface area contributed by atoms with Gasteiger partial charge in [-0.1, -0.05) is 19.6 Å². The van der Waals surface area contributed by atoms with Crippen molar-refractivity contribution in [2.75, 3.05) is 6.61 Å². The first kappa shape index (κ1) is 11.8. The third kappa shape index (κ3) is 3.42. The third-order valence-electron chi connectivity index (χ3n) is 2.80. The summed E-state index contributed by atoms with van der Waals surface area (Å²) in [7, 11) is -0.973. The fourth-order valence-electron chi connectivity index (χ4n) is 1.56. The molecule has 4 nitrogen and oxygen atoms in total. The first-order valence-electron chi connectivity index (χ1n) is 6.02. The van der Waals surface area contributed by atoms with Crippen LogP contribution in [0.25, 0.3) is 0 Å². The van der Waals surface area contributed by atoms with Gasteiger partial charge in [-0.15, -0.1) is 0 Å². The Labute approximate surface area is 98.0 Å². The van der Waals surface area contributed by atoms with Gasteiger partial charge in [-0.2, -0.15) is 5.10 Å². The SMILES string of the molecule is C[Si](C)(C)CCOCn1ncnc1C1CC1. The smallest absolute Gasteiger partial charge is 0.141 e. The number of hydrogen-bond donors (Lipinski definition) is 0. The fraction of sp³-hybridized carbons (Fsp3) is 0.818. The minimum Gasteiger partial charge on any atom is -0.359 e. The highest BCUT2D eigenvalue weighted by molar-refractivity contribution is 6.76. The van der Waals surface area contributed by atoms with E-state index in [9.17, 15) is 0 Å². The van der Waals surface area contributed by atoms with Crippen molar-refractivity contribution in [1.82, 2.24) is 14.8 Å². The quantitative estimate of drug-likeness (QED) is 0.565. The minimum absolute atomic E-state index is 0.566. The van der Waals surface area contributed by atoms with E-state index in [1.165, 1.54) is 18.9 Å². The molecule has 0 aromatic carbocycles. The zero-order valence-electron chi connectivity index (χ0n) is 10.4. The largest absolute Gasteiger partial charge is 0.359 e. The van der Waals surface area contributed by atoms with Gasteiger partial charge >= 0.3 is 0 Å². The van der Waals surface area contributed by atoms with E-state index in [1.807, 2.05) is 4.68 Å². The van der Waals surface area contributed by atoms with Crippen molar-refractivity contribution in [2.45, 2.75) is 51.2 Å². The molecule has 16 heavy (non-hydrogen) atoms. The van der Waals surface area contributed by atoms with Gasteiger partial charge in [-0.05, 0) is 18.9 Å². The summed E-state index contributed by atoms with van der Waals surface area (Å²) in [4.78, 5) is 4.29.